The first-order valence-electron chi connectivity index (χ1n) is 8.82. The number of unbranched alkanes of at least 4 members (excludes halogenated alkanes) is 1. The molecule has 2 aromatic rings. The summed E-state index contributed by atoms with van der Waals surface area (Å²) in [6.45, 7) is 8.16. The zero-order chi connectivity index (χ0) is 17.9. The Balaban J connectivity index is 1.64. The molecule has 1 aromatic heterocycles. The van der Waals surface area contributed by atoms with E-state index in [9.17, 15) is 8.42 Å². The first kappa shape index (κ1) is 18.1. The molecule has 25 heavy (non-hydrogen) atoms. The van der Waals surface area contributed by atoms with Gasteiger partial charge in [0.05, 0.1) is 29.4 Å². The third-order valence-electron chi connectivity index (χ3n) is 4.50. The standard InChI is InChI=1S/C18H26N4O2S/c1-3-4-8-21-9-10-22-17(14-21)12-16(20-22)13-19-25(23,24)18-7-5-6-15(2)11-18/h5-7,11-12,19H,3-4,8-10,13-14H2,1-2H3. The smallest absolute Gasteiger partial charge is 0.240 e. The Morgan fingerprint density at radius 2 is 2.08 bits per heavy atom. The van der Waals surface area contributed by atoms with Gasteiger partial charge in [-0.25, -0.2) is 13.1 Å². The molecule has 1 aliphatic heterocycles. The van der Waals surface area contributed by atoms with Crippen LogP contribution in [-0.2, 0) is 29.7 Å². The fourth-order valence-corrected chi connectivity index (χ4v) is 4.18. The van der Waals surface area contributed by atoms with Gasteiger partial charge in [0.2, 0.25) is 10.0 Å². The molecule has 136 valence electrons. The van der Waals surface area contributed by atoms with Crippen molar-refractivity contribution in [3.63, 3.8) is 0 Å². The number of hydrogen-bond acceptors (Lipinski definition) is 4. The lowest BCUT2D eigenvalue weighted by Gasteiger charge is -2.27. The second kappa shape index (κ2) is 7.68. The Hall–Kier alpha value is -1.70. The molecule has 0 radical (unpaired) electrons. The number of aromatic nitrogens is 2. The normalized spacial score (nSPS) is 15.3. The summed E-state index contributed by atoms with van der Waals surface area (Å²) < 4.78 is 29.5. The van der Waals surface area contributed by atoms with Gasteiger partial charge in [0.1, 0.15) is 0 Å². The monoisotopic (exact) mass is 362 g/mol. The van der Waals surface area contributed by atoms with E-state index < -0.39 is 10.0 Å². The van der Waals surface area contributed by atoms with Crippen LogP contribution < -0.4 is 4.72 Å². The van der Waals surface area contributed by atoms with Crippen LogP contribution in [0.5, 0.6) is 0 Å². The van der Waals surface area contributed by atoms with Gasteiger partial charge in [-0.2, -0.15) is 5.10 Å². The van der Waals surface area contributed by atoms with Crippen LogP contribution in [-0.4, -0.2) is 36.2 Å². The fourth-order valence-electron chi connectivity index (χ4n) is 3.07. The Labute approximate surface area is 149 Å². The minimum Gasteiger partial charge on any atom is -0.296 e. The third kappa shape index (κ3) is 4.48. The predicted octanol–water partition coefficient (Wildman–Crippen LogP) is 2.29. The van der Waals surface area contributed by atoms with E-state index >= 15 is 0 Å². The van der Waals surface area contributed by atoms with Crippen molar-refractivity contribution in [2.24, 2.45) is 0 Å². The summed E-state index contributed by atoms with van der Waals surface area (Å²) in [5.41, 5.74) is 2.85. The van der Waals surface area contributed by atoms with Gasteiger partial charge < -0.3 is 0 Å². The highest BCUT2D eigenvalue weighted by Crippen LogP contribution is 2.15. The molecule has 0 aliphatic carbocycles. The molecule has 0 fully saturated rings. The van der Waals surface area contributed by atoms with E-state index in [1.807, 2.05) is 23.7 Å². The SMILES string of the molecule is CCCCN1CCn2nc(CNS(=O)(=O)c3cccc(C)c3)cc2C1. The molecule has 2 heterocycles. The molecule has 1 aromatic carbocycles. The molecule has 0 unspecified atom stereocenters. The molecule has 0 saturated carbocycles. The summed E-state index contributed by atoms with van der Waals surface area (Å²) in [7, 11) is -3.51. The van der Waals surface area contributed by atoms with Crippen LogP contribution in [0.2, 0.25) is 0 Å². The Morgan fingerprint density at radius 3 is 2.84 bits per heavy atom. The van der Waals surface area contributed by atoms with Crippen LogP contribution in [0.4, 0.5) is 0 Å². The van der Waals surface area contributed by atoms with Gasteiger partial charge in [-0.05, 0) is 43.7 Å². The third-order valence-corrected chi connectivity index (χ3v) is 5.90. The second-order valence-corrected chi connectivity index (χ2v) is 8.39. The summed E-state index contributed by atoms with van der Waals surface area (Å²) in [5.74, 6) is 0. The molecular weight excluding hydrogens is 336 g/mol. The zero-order valence-corrected chi connectivity index (χ0v) is 15.7. The van der Waals surface area contributed by atoms with E-state index in [2.05, 4.69) is 21.6 Å². The van der Waals surface area contributed by atoms with Crippen LogP contribution in [0.15, 0.2) is 35.2 Å². The number of sulfonamides is 1. The topological polar surface area (TPSA) is 67.2 Å². The first-order chi connectivity index (χ1) is 12.0. The number of aryl methyl sites for hydroxylation is 1. The average molecular weight is 362 g/mol. The highest BCUT2D eigenvalue weighted by Gasteiger charge is 2.19. The van der Waals surface area contributed by atoms with E-state index in [1.165, 1.54) is 12.8 Å². The fraction of sp³-hybridized carbons (Fsp3) is 0.500. The van der Waals surface area contributed by atoms with Gasteiger partial charge >= 0.3 is 0 Å². The number of nitrogens with zero attached hydrogens (tertiary/aromatic N) is 3. The Kier molecular flexibility index (Phi) is 5.56. The summed E-state index contributed by atoms with van der Waals surface area (Å²) >= 11 is 0. The van der Waals surface area contributed by atoms with Crippen molar-refractivity contribution in [1.29, 1.82) is 0 Å². The molecule has 0 spiro atoms. The predicted molar refractivity (Wildman–Crippen MR) is 97.6 cm³/mol. The van der Waals surface area contributed by atoms with Crippen molar-refractivity contribution in [2.45, 2.75) is 51.2 Å². The quantitative estimate of drug-likeness (QED) is 0.821. The van der Waals surface area contributed by atoms with Gasteiger partial charge in [-0.3, -0.25) is 9.58 Å². The summed E-state index contributed by atoms with van der Waals surface area (Å²) in [6, 6.07) is 8.93. The number of rotatable bonds is 7. The highest BCUT2D eigenvalue weighted by atomic mass is 32.2. The van der Waals surface area contributed by atoms with Crippen LogP contribution in [0.3, 0.4) is 0 Å². The molecule has 0 saturated heterocycles. The molecule has 0 bridgehead atoms. The molecule has 1 N–H and O–H groups in total. The van der Waals surface area contributed by atoms with Crippen LogP contribution >= 0.6 is 0 Å². The van der Waals surface area contributed by atoms with Gasteiger partial charge in [-0.1, -0.05) is 25.5 Å². The van der Waals surface area contributed by atoms with Crippen molar-refractivity contribution in [1.82, 2.24) is 19.4 Å². The Bertz CT molecular complexity index is 829. The zero-order valence-electron chi connectivity index (χ0n) is 14.9. The van der Waals surface area contributed by atoms with Gasteiger partial charge in [-0.15, -0.1) is 0 Å². The molecule has 0 atom stereocenters. The van der Waals surface area contributed by atoms with Crippen LogP contribution in [0, 0.1) is 6.92 Å². The number of nitrogens with one attached hydrogen (secondary N) is 1. The maximum absolute atomic E-state index is 12.4. The lowest BCUT2D eigenvalue weighted by molar-refractivity contribution is 0.210. The van der Waals surface area contributed by atoms with Gasteiger partial charge in [0.15, 0.2) is 0 Å². The molecule has 0 amide bonds. The van der Waals surface area contributed by atoms with Crippen molar-refractivity contribution in [2.75, 3.05) is 13.1 Å². The van der Waals surface area contributed by atoms with Crippen LogP contribution in [0.1, 0.15) is 36.7 Å². The second-order valence-electron chi connectivity index (χ2n) is 6.62. The lowest BCUT2D eigenvalue weighted by Crippen LogP contribution is -2.34. The maximum atomic E-state index is 12.4. The molecule has 7 heteroatoms. The number of fused-ring (bicyclic) bond motifs is 1. The van der Waals surface area contributed by atoms with Gasteiger partial charge in [0, 0.05) is 13.1 Å². The van der Waals surface area contributed by atoms with Crippen molar-refractivity contribution >= 4 is 10.0 Å². The van der Waals surface area contributed by atoms with E-state index in [-0.39, 0.29) is 6.54 Å². The minimum atomic E-state index is -3.51. The molecule has 1 aliphatic rings. The molecule has 3 rings (SSSR count). The summed E-state index contributed by atoms with van der Waals surface area (Å²) in [6.07, 6.45) is 2.40. The minimum absolute atomic E-state index is 0.214. The van der Waals surface area contributed by atoms with Crippen molar-refractivity contribution in [3.05, 3.63) is 47.3 Å². The first-order valence-corrected chi connectivity index (χ1v) is 10.3. The maximum Gasteiger partial charge on any atom is 0.240 e. The van der Waals surface area contributed by atoms with Crippen molar-refractivity contribution in [3.8, 4) is 0 Å². The lowest BCUT2D eigenvalue weighted by atomic mass is 10.2. The van der Waals surface area contributed by atoms with E-state index in [4.69, 9.17) is 0 Å². The van der Waals surface area contributed by atoms with E-state index in [1.54, 1.807) is 18.2 Å². The summed E-state index contributed by atoms with van der Waals surface area (Å²) in [4.78, 5) is 2.73. The highest BCUT2D eigenvalue weighted by molar-refractivity contribution is 7.89. The van der Waals surface area contributed by atoms with E-state index in [0.717, 1.165) is 43.1 Å². The summed E-state index contributed by atoms with van der Waals surface area (Å²) in [5, 5.41) is 4.54. The largest absolute Gasteiger partial charge is 0.296 e. The van der Waals surface area contributed by atoms with Gasteiger partial charge in [0.25, 0.3) is 0 Å². The molecular formula is C18H26N4O2S. The van der Waals surface area contributed by atoms with Crippen molar-refractivity contribution < 1.29 is 8.42 Å². The number of hydrogen-bond donors (Lipinski definition) is 1. The average Bonchev–Trinajstić information content (AvgIpc) is 3.00. The Morgan fingerprint density at radius 1 is 1.24 bits per heavy atom. The number of benzene rings is 1. The van der Waals surface area contributed by atoms with E-state index in [0.29, 0.717) is 4.90 Å². The molecule has 6 nitrogen and oxygen atoms in total. The van der Waals surface area contributed by atoms with Crippen LogP contribution in [0.25, 0.3) is 0 Å².